The van der Waals surface area contributed by atoms with Crippen molar-refractivity contribution in [2.75, 3.05) is 0 Å². The highest BCUT2D eigenvalue weighted by molar-refractivity contribution is 6.21. The molecule has 0 atom stereocenters. The summed E-state index contributed by atoms with van der Waals surface area (Å²) in [5, 5.41) is 20.8. The van der Waals surface area contributed by atoms with Crippen LogP contribution in [-0.4, -0.2) is 0 Å². The van der Waals surface area contributed by atoms with Gasteiger partial charge in [-0.15, -0.1) is 4.95 Å². The van der Waals surface area contributed by atoms with Crippen molar-refractivity contribution in [1.29, 1.82) is 5.26 Å². The summed E-state index contributed by atoms with van der Waals surface area (Å²) in [6, 6.07) is 21.7. The van der Waals surface area contributed by atoms with E-state index < -0.39 is 5.82 Å². The average Bonchev–Trinajstić information content (AvgIpc) is 3.34. The maximum absolute atomic E-state index is 14.0. The molecular formula is C29H12FN5. The van der Waals surface area contributed by atoms with Crippen LogP contribution in [0.3, 0.4) is 0 Å². The Hall–Kier alpha value is -5.38. The summed E-state index contributed by atoms with van der Waals surface area (Å²) in [7, 11) is 0. The van der Waals surface area contributed by atoms with Gasteiger partial charge in [0, 0.05) is 21.5 Å². The molecule has 0 spiro atoms. The third-order valence-electron chi connectivity index (χ3n) is 6.40. The molecule has 0 aliphatic carbocycles. The fourth-order valence-electron chi connectivity index (χ4n) is 4.89. The van der Waals surface area contributed by atoms with E-state index in [-0.39, 0.29) is 0 Å². The Balaban J connectivity index is 1.74. The molecule has 0 N–H and O–H groups in total. The van der Waals surface area contributed by atoms with E-state index in [4.69, 9.17) is 13.1 Å². The smallest absolute Gasteiger partial charge is 0.206 e. The van der Waals surface area contributed by atoms with Gasteiger partial charge in [-0.2, -0.15) is 16.8 Å². The first-order chi connectivity index (χ1) is 17.1. The lowest BCUT2D eigenvalue weighted by Crippen LogP contribution is -1.99. The van der Waals surface area contributed by atoms with Gasteiger partial charge in [-0.25, -0.2) is 9.24 Å². The molecular weight excluding hydrogens is 437 g/mol. The molecule has 160 valence electrons. The largest absolute Gasteiger partial charge is 0.238 e. The number of hydrogen-bond acceptors (Lipinski definition) is 3. The van der Waals surface area contributed by atoms with Crippen LogP contribution < -0.4 is 10.7 Å². The summed E-state index contributed by atoms with van der Waals surface area (Å²) >= 11 is 0. The molecule has 0 amide bonds. The van der Waals surface area contributed by atoms with Crippen LogP contribution in [0.25, 0.3) is 64.0 Å². The number of rotatable bonds is 1. The fourth-order valence-corrected chi connectivity index (χ4v) is 4.89. The molecule has 6 rings (SSSR count). The van der Waals surface area contributed by atoms with E-state index in [1.807, 2.05) is 48.7 Å². The molecule has 0 heterocycles. The summed E-state index contributed by atoms with van der Waals surface area (Å²) in [4.78, 5) is 10.8. The quantitative estimate of drug-likeness (QED) is 0.158. The van der Waals surface area contributed by atoms with Crippen molar-refractivity contribution in [3.63, 3.8) is 0 Å². The Morgan fingerprint density at radius 3 is 1.91 bits per heavy atom. The standard InChI is InChI=1S/C29H12FN5/c1-32-19-7-3-16(4-8-19)17-5-9-20-23-13-26-22(14-27(23)29(35-33-2)24(20)11-17)21-10-6-18(30)12-25(21)28(26)34-15-31/h3-14H. The number of nitrogens with zero attached hydrogens (tertiary/aromatic N) is 5. The maximum Gasteiger partial charge on any atom is 0.206 e. The van der Waals surface area contributed by atoms with Crippen LogP contribution in [0.4, 0.5) is 10.1 Å². The lowest BCUT2D eigenvalue weighted by atomic mass is 10.0. The molecule has 0 unspecified atom stereocenters. The lowest BCUT2D eigenvalue weighted by molar-refractivity contribution is 0.629. The van der Waals surface area contributed by atoms with E-state index in [1.54, 1.807) is 18.2 Å². The summed E-state index contributed by atoms with van der Waals surface area (Å²) in [5.41, 5.74) is 2.48. The summed E-state index contributed by atoms with van der Waals surface area (Å²) in [5.74, 6) is -0.396. The predicted octanol–water partition coefficient (Wildman–Crippen LogP) is 6.65. The van der Waals surface area contributed by atoms with Crippen LogP contribution in [0.1, 0.15) is 0 Å². The average molecular weight is 449 g/mol. The van der Waals surface area contributed by atoms with Crippen molar-refractivity contribution in [3.8, 4) is 17.3 Å². The molecule has 35 heavy (non-hydrogen) atoms. The van der Waals surface area contributed by atoms with E-state index in [1.165, 1.54) is 12.1 Å². The minimum absolute atomic E-state index is 0.396. The van der Waals surface area contributed by atoms with E-state index in [9.17, 15) is 9.65 Å². The Bertz CT molecular complexity index is 2090. The fraction of sp³-hybridized carbons (Fsp3) is 0. The molecule has 6 aromatic rings. The first-order valence-corrected chi connectivity index (χ1v) is 10.7. The molecule has 0 bridgehead atoms. The normalized spacial score (nSPS) is 12.4. The Morgan fingerprint density at radius 1 is 0.657 bits per heavy atom. The van der Waals surface area contributed by atoms with Crippen molar-refractivity contribution >= 4 is 48.8 Å². The molecule has 5 nitrogen and oxygen atoms in total. The third-order valence-corrected chi connectivity index (χ3v) is 6.40. The molecule has 6 heteroatoms. The van der Waals surface area contributed by atoms with Crippen molar-refractivity contribution in [2.45, 2.75) is 0 Å². The summed E-state index contributed by atoms with van der Waals surface area (Å²) in [6.45, 7) is 14.6. The van der Waals surface area contributed by atoms with Gasteiger partial charge in [0.15, 0.2) is 11.0 Å². The number of hydrogen-bond donors (Lipinski definition) is 0. The molecule has 0 aliphatic heterocycles. The van der Waals surface area contributed by atoms with Crippen LogP contribution in [0.15, 0.2) is 82.9 Å². The highest BCUT2D eigenvalue weighted by atomic mass is 19.1. The third kappa shape index (κ3) is 2.97. The Kier molecular flexibility index (Phi) is 4.39. The molecule has 0 fully saturated rings. The topological polar surface area (TPSA) is 57.2 Å². The second kappa shape index (κ2) is 7.59. The van der Waals surface area contributed by atoms with Gasteiger partial charge in [0.05, 0.1) is 17.0 Å². The highest BCUT2D eigenvalue weighted by Gasteiger charge is 2.17. The first kappa shape index (κ1) is 20.2. The lowest BCUT2D eigenvalue weighted by Gasteiger charge is -2.02. The second-order valence-corrected chi connectivity index (χ2v) is 8.16. The van der Waals surface area contributed by atoms with Gasteiger partial charge in [-0.1, -0.05) is 42.5 Å². The van der Waals surface area contributed by atoms with Crippen LogP contribution in [0.2, 0.25) is 0 Å². The van der Waals surface area contributed by atoms with Gasteiger partial charge in [0.1, 0.15) is 5.82 Å². The van der Waals surface area contributed by atoms with Crippen molar-refractivity contribution in [1.82, 2.24) is 0 Å². The van der Waals surface area contributed by atoms with Gasteiger partial charge in [0.2, 0.25) is 6.19 Å². The molecule has 0 aliphatic rings. The van der Waals surface area contributed by atoms with Crippen molar-refractivity contribution < 1.29 is 4.39 Å². The van der Waals surface area contributed by atoms with Crippen LogP contribution in [0.5, 0.6) is 0 Å². The Morgan fingerprint density at radius 2 is 1.26 bits per heavy atom. The van der Waals surface area contributed by atoms with Gasteiger partial charge in [-0.3, -0.25) is 0 Å². The minimum Gasteiger partial charge on any atom is -0.238 e. The van der Waals surface area contributed by atoms with E-state index >= 15 is 0 Å². The van der Waals surface area contributed by atoms with Crippen molar-refractivity contribution in [3.05, 3.63) is 112 Å². The van der Waals surface area contributed by atoms with Crippen LogP contribution in [-0.2, 0) is 0 Å². The number of nitriles is 1. The zero-order valence-electron chi connectivity index (χ0n) is 18.0. The maximum atomic E-state index is 14.0. The monoisotopic (exact) mass is 449 g/mol. The first-order valence-electron chi connectivity index (χ1n) is 10.7. The van der Waals surface area contributed by atoms with Gasteiger partial charge in [-0.05, 0) is 63.0 Å². The summed E-state index contributed by atoms with van der Waals surface area (Å²) < 4.78 is 14.0. The van der Waals surface area contributed by atoms with E-state index in [2.05, 4.69) is 19.9 Å². The summed E-state index contributed by atoms with van der Waals surface area (Å²) in [6.07, 6.45) is 1.84. The number of halogens is 1. The van der Waals surface area contributed by atoms with Gasteiger partial charge < -0.3 is 0 Å². The molecule has 0 saturated heterocycles. The van der Waals surface area contributed by atoms with Crippen LogP contribution >= 0.6 is 0 Å². The zero-order chi connectivity index (χ0) is 24.1. The van der Waals surface area contributed by atoms with Crippen molar-refractivity contribution in [2.24, 2.45) is 10.1 Å². The van der Waals surface area contributed by atoms with Gasteiger partial charge in [0.25, 0.3) is 0 Å². The SMILES string of the molecule is [C-]#[N+]N=c1c2cc(-c3ccc([N+]#[C-])cc3)ccc2c2cc3c(=NC#N)c4cc(F)ccc4c3cc12. The molecule has 0 aromatic heterocycles. The zero-order valence-corrected chi connectivity index (χ0v) is 18.0. The van der Waals surface area contributed by atoms with Gasteiger partial charge >= 0.3 is 0 Å². The van der Waals surface area contributed by atoms with Crippen LogP contribution in [0, 0.1) is 30.4 Å². The highest BCUT2D eigenvalue weighted by Crippen LogP contribution is 2.34. The number of fused-ring (bicyclic) bond motifs is 6. The molecule has 0 saturated carbocycles. The molecule has 6 aromatic carbocycles. The van der Waals surface area contributed by atoms with E-state index in [0.717, 1.165) is 48.8 Å². The number of benzene rings is 4. The predicted molar refractivity (Wildman–Crippen MR) is 134 cm³/mol. The minimum atomic E-state index is -0.396. The molecule has 0 radical (unpaired) electrons. The van der Waals surface area contributed by atoms with E-state index in [0.29, 0.717) is 21.8 Å². The second-order valence-electron chi connectivity index (χ2n) is 8.16. The Labute approximate surface area is 198 Å².